The maximum atomic E-state index is 11.9. The molecule has 7 atom stereocenters. The molecule has 0 aliphatic heterocycles. The second-order valence-corrected chi connectivity index (χ2v) is 9.84. The van der Waals surface area contributed by atoms with E-state index in [2.05, 4.69) is 13.8 Å². The number of aliphatic hydroxyl groups is 1. The van der Waals surface area contributed by atoms with E-state index < -0.39 is 12.1 Å². The van der Waals surface area contributed by atoms with Crippen molar-refractivity contribution in [3.05, 3.63) is 0 Å². The minimum absolute atomic E-state index is 0.0677. The first-order chi connectivity index (χ1) is 12.9. The van der Waals surface area contributed by atoms with Gasteiger partial charge in [0.05, 0.1) is 6.10 Å². The fourth-order valence-electron chi connectivity index (χ4n) is 7.02. The molecule has 160 valence electrons. The van der Waals surface area contributed by atoms with Gasteiger partial charge in [-0.05, 0) is 79.4 Å². The summed E-state index contributed by atoms with van der Waals surface area (Å²) in [4.78, 5) is 20.8. The lowest BCUT2D eigenvalue weighted by atomic mass is 9.45. The Morgan fingerprint density at radius 3 is 2.21 bits per heavy atom. The van der Waals surface area contributed by atoms with Crippen molar-refractivity contribution in [1.82, 2.24) is 0 Å². The number of halogens is 3. The Morgan fingerprint density at radius 1 is 1.00 bits per heavy atom. The van der Waals surface area contributed by atoms with E-state index in [-0.39, 0.29) is 11.5 Å². The van der Waals surface area contributed by atoms with Crippen molar-refractivity contribution >= 4 is 11.8 Å². The monoisotopic (exact) mass is 404 g/mol. The zero-order valence-electron chi connectivity index (χ0n) is 16.6. The Bertz CT molecular complexity index is 634. The average Bonchev–Trinajstić information content (AvgIpc) is 2.90. The van der Waals surface area contributed by atoms with Crippen molar-refractivity contribution in [2.45, 2.75) is 83.9 Å². The predicted octanol–water partition coefficient (Wildman–Crippen LogP) is 4.59. The molecule has 4 fully saturated rings. The van der Waals surface area contributed by atoms with Gasteiger partial charge in [0.15, 0.2) is 0 Å². The number of aliphatic carboxylic acids is 1. The lowest BCUT2D eigenvalue weighted by molar-refractivity contribution is -0.192. The molecule has 0 aromatic rings. The van der Waals surface area contributed by atoms with Gasteiger partial charge < -0.3 is 10.2 Å². The zero-order chi connectivity index (χ0) is 20.9. The van der Waals surface area contributed by atoms with Crippen LogP contribution in [0.25, 0.3) is 0 Å². The molecule has 0 saturated heterocycles. The summed E-state index contributed by atoms with van der Waals surface area (Å²) in [7, 11) is 0. The number of carboxylic acid groups (broad SMARTS) is 1. The van der Waals surface area contributed by atoms with Gasteiger partial charge in [0.1, 0.15) is 5.78 Å². The lowest BCUT2D eigenvalue weighted by Crippen LogP contribution is -2.54. The minimum Gasteiger partial charge on any atom is -0.475 e. The molecule has 0 radical (unpaired) electrons. The van der Waals surface area contributed by atoms with Gasteiger partial charge in [-0.25, -0.2) is 4.79 Å². The van der Waals surface area contributed by atoms with E-state index in [9.17, 15) is 23.1 Å². The maximum Gasteiger partial charge on any atom is 0.490 e. The van der Waals surface area contributed by atoms with Crippen molar-refractivity contribution in [2.75, 3.05) is 0 Å². The quantitative estimate of drug-likeness (QED) is 0.619. The number of aliphatic hydroxyl groups excluding tert-OH is 1. The van der Waals surface area contributed by atoms with Crippen LogP contribution in [0.2, 0.25) is 0 Å². The van der Waals surface area contributed by atoms with Crippen LogP contribution in [-0.2, 0) is 9.59 Å². The Hall–Kier alpha value is -1.11. The third-order valence-corrected chi connectivity index (χ3v) is 8.67. The van der Waals surface area contributed by atoms with Crippen molar-refractivity contribution in [2.24, 2.45) is 34.5 Å². The highest BCUT2D eigenvalue weighted by Gasteiger charge is 2.59. The summed E-state index contributed by atoms with van der Waals surface area (Å²) < 4.78 is 31.7. The van der Waals surface area contributed by atoms with E-state index >= 15 is 0 Å². The van der Waals surface area contributed by atoms with Crippen LogP contribution in [0.15, 0.2) is 0 Å². The molecular weight excluding hydrogens is 373 g/mol. The number of hydrogen-bond acceptors (Lipinski definition) is 3. The van der Waals surface area contributed by atoms with E-state index in [0.717, 1.165) is 43.4 Å². The second-order valence-electron chi connectivity index (χ2n) is 9.84. The Labute approximate surface area is 163 Å². The topological polar surface area (TPSA) is 74.6 Å². The number of carboxylic acids is 1. The normalized spacial score (nSPS) is 45.2. The highest BCUT2D eigenvalue weighted by Crippen LogP contribution is 2.65. The summed E-state index contributed by atoms with van der Waals surface area (Å²) in [5.74, 6) is 0.765. The van der Waals surface area contributed by atoms with Gasteiger partial charge in [0.25, 0.3) is 0 Å². The number of rotatable bonds is 0. The summed E-state index contributed by atoms with van der Waals surface area (Å²) in [6, 6.07) is 0. The molecule has 28 heavy (non-hydrogen) atoms. The van der Waals surface area contributed by atoms with Crippen LogP contribution in [0.1, 0.15) is 71.6 Å². The summed E-state index contributed by atoms with van der Waals surface area (Å²) in [5.41, 5.74) is 0.598. The highest BCUT2D eigenvalue weighted by atomic mass is 19.4. The van der Waals surface area contributed by atoms with E-state index in [0.29, 0.717) is 17.1 Å². The molecule has 4 saturated carbocycles. The third kappa shape index (κ3) is 3.59. The van der Waals surface area contributed by atoms with Crippen molar-refractivity contribution in [1.29, 1.82) is 0 Å². The molecule has 0 unspecified atom stereocenters. The lowest BCUT2D eigenvalue weighted by Gasteiger charge is -2.60. The Morgan fingerprint density at radius 2 is 1.61 bits per heavy atom. The molecule has 4 aliphatic carbocycles. The van der Waals surface area contributed by atoms with Crippen molar-refractivity contribution in [3.63, 3.8) is 0 Å². The molecule has 2 N–H and O–H groups in total. The van der Waals surface area contributed by atoms with Crippen LogP contribution in [0.5, 0.6) is 0 Å². The van der Waals surface area contributed by atoms with Crippen molar-refractivity contribution < 1.29 is 33.0 Å². The molecule has 0 bridgehead atoms. The van der Waals surface area contributed by atoms with Gasteiger partial charge >= 0.3 is 12.1 Å². The molecule has 4 nitrogen and oxygen atoms in total. The molecule has 0 amide bonds. The molecular formula is C21H31F3O4. The van der Waals surface area contributed by atoms with E-state index in [4.69, 9.17) is 9.90 Å². The standard InChI is InChI=1S/C19H30O2.C2HF3O2/c1-18-9-7-13(20)11-12(18)3-4-14-15-5-6-17(21)19(15,2)10-8-16(14)18;3-2(4,5)1(6)7/h12,14-17,21H,3-11H2,1-2H3;(H,6,7)/t12-,14-,15-,16-,17+,18-,19-;/m0./s1. The van der Waals surface area contributed by atoms with Gasteiger partial charge in [-0.1, -0.05) is 13.8 Å². The first kappa shape index (κ1) is 21.6. The zero-order valence-corrected chi connectivity index (χ0v) is 16.6. The van der Waals surface area contributed by atoms with E-state index in [1.54, 1.807) is 0 Å². The molecule has 7 heteroatoms. The van der Waals surface area contributed by atoms with Crippen LogP contribution in [0, 0.1) is 34.5 Å². The summed E-state index contributed by atoms with van der Waals surface area (Å²) >= 11 is 0. The van der Waals surface area contributed by atoms with Gasteiger partial charge in [-0.3, -0.25) is 4.79 Å². The number of fused-ring (bicyclic) bond motifs is 5. The molecule has 0 aromatic heterocycles. The first-order valence-electron chi connectivity index (χ1n) is 10.4. The van der Waals surface area contributed by atoms with Gasteiger partial charge in [-0.15, -0.1) is 0 Å². The van der Waals surface area contributed by atoms with Crippen LogP contribution < -0.4 is 0 Å². The van der Waals surface area contributed by atoms with Crippen LogP contribution in [0.3, 0.4) is 0 Å². The molecule has 0 aromatic carbocycles. The third-order valence-electron chi connectivity index (χ3n) is 8.67. The fraction of sp³-hybridized carbons (Fsp3) is 0.905. The molecule has 4 aliphatic rings. The van der Waals surface area contributed by atoms with Gasteiger partial charge in [0, 0.05) is 12.8 Å². The Balaban J connectivity index is 0.000000279. The summed E-state index contributed by atoms with van der Waals surface area (Å²) in [6.07, 6.45) is 4.96. The van der Waals surface area contributed by atoms with Crippen LogP contribution >= 0.6 is 0 Å². The summed E-state index contributed by atoms with van der Waals surface area (Å²) in [5, 5.41) is 17.6. The Kier molecular flexibility index (Phi) is 5.63. The number of carbonyl (C=O) groups is 2. The minimum atomic E-state index is -5.08. The first-order valence-corrected chi connectivity index (χ1v) is 10.4. The molecule has 4 rings (SSSR count). The highest BCUT2D eigenvalue weighted by molar-refractivity contribution is 5.79. The smallest absolute Gasteiger partial charge is 0.475 e. The number of carbonyl (C=O) groups excluding carboxylic acids is 1. The van der Waals surface area contributed by atoms with Gasteiger partial charge in [-0.2, -0.15) is 13.2 Å². The van der Waals surface area contributed by atoms with Gasteiger partial charge in [0.2, 0.25) is 0 Å². The maximum absolute atomic E-state index is 11.9. The molecule has 0 heterocycles. The number of Topliss-reactive ketones (excluding diaryl/α,β-unsaturated/α-hetero) is 1. The predicted molar refractivity (Wildman–Crippen MR) is 96.4 cm³/mol. The fourth-order valence-corrected chi connectivity index (χ4v) is 7.02. The van der Waals surface area contributed by atoms with E-state index in [1.165, 1.54) is 32.1 Å². The van der Waals surface area contributed by atoms with Crippen LogP contribution in [-0.4, -0.2) is 34.2 Å². The number of alkyl halides is 3. The SMILES string of the molecule is C[C@]12CCC(=O)C[C@@H]1CC[C@@H]1[C@@H]2CC[C@]2(C)[C@H](O)CC[C@@H]12.O=C(O)C(F)(F)F. The second kappa shape index (κ2) is 7.29. The van der Waals surface area contributed by atoms with Crippen molar-refractivity contribution in [3.8, 4) is 0 Å². The average molecular weight is 404 g/mol. The van der Waals surface area contributed by atoms with E-state index in [1.807, 2.05) is 0 Å². The summed E-state index contributed by atoms with van der Waals surface area (Å²) in [6.45, 7) is 4.85. The number of hydrogen-bond donors (Lipinski definition) is 2. The largest absolute Gasteiger partial charge is 0.490 e. The number of ketones is 1. The molecule has 0 spiro atoms. The van der Waals surface area contributed by atoms with Crippen LogP contribution in [0.4, 0.5) is 13.2 Å².